The molecule has 0 aliphatic heterocycles. The Labute approximate surface area is 105 Å². The van der Waals surface area contributed by atoms with E-state index in [2.05, 4.69) is 6.07 Å². The molecule has 0 heterocycles. The monoisotopic (exact) mass is 251 g/mol. The molecule has 1 nitrogen and oxygen atoms in total. The van der Waals surface area contributed by atoms with Crippen LogP contribution in [0, 0.1) is 6.07 Å². The highest BCUT2D eigenvalue weighted by Crippen LogP contribution is 2.22. The number of para-hydroxylation sites is 1. The quantitative estimate of drug-likeness (QED) is 0.787. The standard InChI is InChI=1S/C13H9Cl2O/c14-11-7-6-10(13(15)8-11)9-16-12-4-2-1-3-5-12/h1-5,7-8H,9H2. The molecule has 0 saturated heterocycles. The Morgan fingerprint density at radius 1 is 1.12 bits per heavy atom. The van der Waals surface area contributed by atoms with E-state index >= 15 is 0 Å². The van der Waals surface area contributed by atoms with Gasteiger partial charge in [0.15, 0.2) is 0 Å². The van der Waals surface area contributed by atoms with E-state index in [0.29, 0.717) is 16.7 Å². The van der Waals surface area contributed by atoms with Gasteiger partial charge >= 0.3 is 0 Å². The molecule has 0 atom stereocenters. The van der Waals surface area contributed by atoms with Crippen LogP contribution in [0.25, 0.3) is 0 Å². The molecule has 2 rings (SSSR count). The number of halogens is 2. The van der Waals surface area contributed by atoms with Crippen LogP contribution in [-0.2, 0) is 6.61 Å². The van der Waals surface area contributed by atoms with E-state index in [-0.39, 0.29) is 0 Å². The van der Waals surface area contributed by atoms with Gasteiger partial charge in [-0.05, 0) is 30.3 Å². The van der Waals surface area contributed by atoms with E-state index in [1.54, 1.807) is 12.1 Å². The SMILES string of the molecule is Clc1c[c]c(COc2ccccc2)c(Cl)c1. The molecule has 0 aliphatic rings. The van der Waals surface area contributed by atoms with Crippen LogP contribution < -0.4 is 4.74 Å². The van der Waals surface area contributed by atoms with Crippen LogP contribution in [0.3, 0.4) is 0 Å². The van der Waals surface area contributed by atoms with E-state index in [9.17, 15) is 0 Å². The minimum Gasteiger partial charge on any atom is -0.489 e. The Morgan fingerprint density at radius 2 is 1.88 bits per heavy atom. The van der Waals surface area contributed by atoms with E-state index in [1.165, 1.54) is 0 Å². The van der Waals surface area contributed by atoms with Crippen LogP contribution >= 0.6 is 23.2 Å². The van der Waals surface area contributed by atoms with Crippen molar-refractivity contribution in [2.45, 2.75) is 6.61 Å². The third kappa shape index (κ3) is 2.91. The van der Waals surface area contributed by atoms with Crippen molar-refractivity contribution >= 4 is 23.2 Å². The molecule has 0 bridgehead atoms. The molecular formula is C13H9Cl2O. The summed E-state index contributed by atoms with van der Waals surface area (Å²) in [6, 6.07) is 15.9. The van der Waals surface area contributed by atoms with Gasteiger partial charge in [0.25, 0.3) is 0 Å². The minimum absolute atomic E-state index is 0.389. The Kier molecular flexibility index (Phi) is 3.70. The van der Waals surface area contributed by atoms with Crippen LogP contribution in [0.1, 0.15) is 5.56 Å². The van der Waals surface area contributed by atoms with Crippen molar-refractivity contribution in [3.63, 3.8) is 0 Å². The van der Waals surface area contributed by atoms with Crippen LogP contribution in [0.15, 0.2) is 42.5 Å². The topological polar surface area (TPSA) is 9.23 Å². The van der Waals surface area contributed by atoms with E-state index in [4.69, 9.17) is 27.9 Å². The highest BCUT2D eigenvalue weighted by atomic mass is 35.5. The van der Waals surface area contributed by atoms with Gasteiger partial charge in [0.1, 0.15) is 12.4 Å². The number of benzene rings is 2. The maximum atomic E-state index is 6.00. The van der Waals surface area contributed by atoms with Gasteiger partial charge in [0.2, 0.25) is 0 Å². The summed E-state index contributed by atoms with van der Waals surface area (Å²) in [5, 5.41) is 1.15. The van der Waals surface area contributed by atoms with Crippen LogP contribution in [-0.4, -0.2) is 0 Å². The molecule has 2 aromatic rings. The predicted molar refractivity (Wildman–Crippen MR) is 66.1 cm³/mol. The number of rotatable bonds is 3. The molecule has 1 radical (unpaired) electrons. The van der Waals surface area contributed by atoms with Crippen LogP contribution in [0.2, 0.25) is 10.0 Å². The van der Waals surface area contributed by atoms with Gasteiger partial charge in [-0.15, -0.1) is 0 Å². The maximum Gasteiger partial charge on any atom is 0.119 e. The molecule has 0 aromatic heterocycles. The second-order valence-electron chi connectivity index (χ2n) is 3.25. The van der Waals surface area contributed by atoms with Crippen molar-refractivity contribution in [3.8, 4) is 5.75 Å². The first-order valence-corrected chi connectivity index (χ1v) is 5.55. The third-order valence-electron chi connectivity index (χ3n) is 2.06. The molecule has 2 aromatic carbocycles. The lowest BCUT2D eigenvalue weighted by molar-refractivity contribution is 0.306. The fraction of sp³-hybridized carbons (Fsp3) is 0.0769. The lowest BCUT2D eigenvalue weighted by atomic mass is 10.2. The van der Waals surface area contributed by atoms with E-state index in [1.807, 2.05) is 30.3 Å². The Hall–Kier alpha value is -1.18. The van der Waals surface area contributed by atoms with Crippen LogP contribution in [0.4, 0.5) is 0 Å². The first-order chi connectivity index (χ1) is 7.75. The average molecular weight is 252 g/mol. The van der Waals surface area contributed by atoms with Crippen molar-refractivity contribution in [2.75, 3.05) is 0 Å². The molecule has 16 heavy (non-hydrogen) atoms. The summed E-state index contributed by atoms with van der Waals surface area (Å²) in [7, 11) is 0. The van der Waals surface area contributed by atoms with Crippen molar-refractivity contribution in [1.29, 1.82) is 0 Å². The molecule has 3 heteroatoms. The lowest BCUT2D eigenvalue weighted by Gasteiger charge is -2.07. The summed E-state index contributed by atoms with van der Waals surface area (Å²) < 4.78 is 5.55. The van der Waals surface area contributed by atoms with Gasteiger partial charge in [0, 0.05) is 15.6 Å². The van der Waals surface area contributed by atoms with Crippen LogP contribution in [0.5, 0.6) is 5.75 Å². The third-order valence-corrected chi connectivity index (χ3v) is 2.62. The molecule has 0 aliphatic carbocycles. The summed E-state index contributed by atoms with van der Waals surface area (Å²) in [4.78, 5) is 0. The van der Waals surface area contributed by atoms with Crippen molar-refractivity contribution in [3.05, 3.63) is 64.1 Å². The van der Waals surface area contributed by atoms with Gasteiger partial charge < -0.3 is 4.74 Å². The maximum absolute atomic E-state index is 6.00. The zero-order chi connectivity index (χ0) is 11.4. The number of hydrogen-bond donors (Lipinski definition) is 0. The second kappa shape index (κ2) is 5.24. The zero-order valence-electron chi connectivity index (χ0n) is 8.41. The normalized spacial score (nSPS) is 10.1. The van der Waals surface area contributed by atoms with Crippen molar-refractivity contribution in [1.82, 2.24) is 0 Å². The fourth-order valence-corrected chi connectivity index (χ4v) is 1.70. The molecule has 0 N–H and O–H groups in total. The lowest BCUT2D eigenvalue weighted by Crippen LogP contribution is -1.96. The van der Waals surface area contributed by atoms with Gasteiger partial charge in [-0.2, -0.15) is 0 Å². The average Bonchev–Trinajstić information content (AvgIpc) is 2.29. The van der Waals surface area contributed by atoms with Gasteiger partial charge in [0.05, 0.1) is 0 Å². The van der Waals surface area contributed by atoms with E-state index < -0.39 is 0 Å². The van der Waals surface area contributed by atoms with Gasteiger partial charge in [-0.1, -0.05) is 41.4 Å². The molecular weight excluding hydrogens is 243 g/mol. The molecule has 0 unspecified atom stereocenters. The van der Waals surface area contributed by atoms with E-state index in [0.717, 1.165) is 11.3 Å². The summed E-state index contributed by atoms with van der Waals surface area (Å²) in [5.74, 6) is 0.807. The largest absolute Gasteiger partial charge is 0.489 e. The smallest absolute Gasteiger partial charge is 0.119 e. The first kappa shape index (κ1) is 11.3. The summed E-state index contributed by atoms with van der Waals surface area (Å²) >= 11 is 11.8. The Morgan fingerprint density at radius 3 is 2.56 bits per heavy atom. The highest BCUT2D eigenvalue weighted by molar-refractivity contribution is 6.35. The molecule has 0 amide bonds. The summed E-state index contributed by atoms with van der Waals surface area (Å²) in [5.41, 5.74) is 0.801. The number of hydrogen-bond acceptors (Lipinski definition) is 1. The first-order valence-electron chi connectivity index (χ1n) is 4.79. The summed E-state index contributed by atoms with van der Waals surface area (Å²) in [6.07, 6.45) is 0. The Balaban J connectivity index is 2.05. The van der Waals surface area contributed by atoms with Crippen molar-refractivity contribution < 1.29 is 4.74 Å². The second-order valence-corrected chi connectivity index (χ2v) is 4.09. The van der Waals surface area contributed by atoms with Gasteiger partial charge in [-0.25, -0.2) is 0 Å². The molecule has 0 fully saturated rings. The van der Waals surface area contributed by atoms with Gasteiger partial charge in [-0.3, -0.25) is 0 Å². The minimum atomic E-state index is 0.389. The molecule has 0 spiro atoms. The Bertz CT molecular complexity index is 469. The van der Waals surface area contributed by atoms with Crippen molar-refractivity contribution in [2.24, 2.45) is 0 Å². The zero-order valence-corrected chi connectivity index (χ0v) is 9.92. The predicted octanol–water partition coefficient (Wildman–Crippen LogP) is 4.37. The highest BCUT2D eigenvalue weighted by Gasteiger charge is 2.02. The molecule has 81 valence electrons. The number of ether oxygens (including phenoxy) is 1. The fourth-order valence-electron chi connectivity index (χ4n) is 1.26. The summed E-state index contributed by atoms with van der Waals surface area (Å²) in [6.45, 7) is 0.389. The molecule has 0 saturated carbocycles.